The van der Waals surface area contributed by atoms with E-state index >= 15 is 0 Å². The van der Waals surface area contributed by atoms with E-state index in [4.69, 9.17) is 4.74 Å². The van der Waals surface area contributed by atoms with E-state index in [-0.39, 0.29) is 18.2 Å². The summed E-state index contributed by atoms with van der Waals surface area (Å²) < 4.78 is 6.81. The number of benzene rings is 2. The number of fused-ring (bicyclic) bond motifs is 1. The SMILES string of the molecule is CCOc1cc(/C=N\NC(=O)Cn2nnc3ccccc32)ccc1O. The van der Waals surface area contributed by atoms with Gasteiger partial charge in [0.15, 0.2) is 11.5 Å². The standard InChI is InChI=1S/C17H17N5O3/c1-2-25-16-9-12(7-8-15(16)23)10-18-20-17(24)11-22-14-6-4-3-5-13(14)19-21-22/h3-10,23H,2,11H2,1H3,(H,20,24)/b18-10-. The molecule has 0 aliphatic rings. The number of nitrogens with one attached hydrogen (secondary N) is 1. The largest absolute Gasteiger partial charge is 0.504 e. The first-order chi connectivity index (χ1) is 12.2. The molecule has 128 valence electrons. The quantitative estimate of drug-likeness (QED) is 0.525. The highest BCUT2D eigenvalue weighted by molar-refractivity contribution is 5.84. The number of hydrazone groups is 1. The number of rotatable bonds is 6. The Labute approximate surface area is 143 Å². The molecule has 8 heteroatoms. The van der Waals surface area contributed by atoms with Gasteiger partial charge in [-0.3, -0.25) is 4.79 Å². The number of nitrogens with zero attached hydrogens (tertiary/aromatic N) is 4. The molecule has 0 saturated carbocycles. The van der Waals surface area contributed by atoms with Crippen molar-refractivity contribution in [2.45, 2.75) is 13.5 Å². The van der Waals surface area contributed by atoms with Gasteiger partial charge in [-0.05, 0) is 42.8 Å². The summed E-state index contributed by atoms with van der Waals surface area (Å²) in [4.78, 5) is 12.0. The molecule has 0 radical (unpaired) electrons. The van der Waals surface area contributed by atoms with Gasteiger partial charge in [0.2, 0.25) is 0 Å². The summed E-state index contributed by atoms with van der Waals surface area (Å²) in [7, 11) is 0. The normalized spacial score (nSPS) is 11.1. The zero-order valence-electron chi connectivity index (χ0n) is 13.6. The van der Waals surface area contributed by atoms with Crippen LogP contribution in [0.15, 0.2) is 47.6 Å². The molecule has 1 aromatic heterocycles. The van der Waals surface area contributed by atoms with Gasteiger partial charge < -0.3 is 9.84 Å². The summed E-state index contributed by atoms with van der Waals surface area (Å²) in [5, 5.41) is 21.5. The minimum absolute atomic E-state index is 0.0115. The number of aromatic hydroxyl groups is 1. The minimum atomic E-state index is -0.323. The third-order valence-electron chi connectivity index (χ3n) is 3.40. The second kappa shape index (κ2) is 7.43. The van der Waals surface area contributed by atoms with Crippen molar-refractivity contribution < 1.29 is 14.6 Å². The minimum Gasteiger partial charge on any atom is -0.504 e. The van der Waals surface area contributed by atoms with Gasteiger partial charge in [-0.15, -0.1) is 5.10 Å². The van der Waals surface area contributed by atoms with Crippen molar-refractivity contribution in [1.82, 2.24) is 20.4 Å². The third kappa shape index (κ3) is 3.92. The molecule has 0 atom stereocenters. The predicted octanol–water partition coefficient (Wildman–Crippen LogP) is 1.69. The number of ether oxygens (including phenoxy) is 1. The molecule has 0 bridgehead atoms. The number of para-hydroxylation sites is 1. The zero-order chi connectivity index (χ0) is 17.6. The fourth-order valence-electron chi connectivity index (χ4n) is 2.27. The van der Waals surface area contributed by atoms with Gasteiger partial charge in [-0.2, -0.15) is 5.10 Å². The maximum absolute atomic E-state index is 12.0. The highest BCUT2D eigenvalue weighted by Crippen LogP contribution is 2.26. The summed E-state index contributed by atoms with van der Waals surface area (Å²) in [5.41, 5.74) is 4.63. The van der Waals surface area contributed by atoms with Crippen LogP contribution in [0.5, 0.6) is 11.5 Å². The molecule has 2 N–H and O–H groups in total. The number of phenolic OH excluding ortho intramolecular Hbond substituents is 1. The molecule has 1 amide bonds. The predicted molar refractivity (Wildman–Crippen MR) is 92.5 cm³/mol. The molecular formula is C17H17N5O3. The molecule has 0 aliphatic carbocycles. The molecule has 2 aromatic carbocycles. The Morgan fingerprint density at radius 2 is 2.20 bits per heavy atom. The van der Waals surface area contributed by atoms with Crippen LogP contribution in [-0.2, 0) is 11.3 Å². The van der Waals surface area contributed by atoms with Crippen LogP contribution in [0.3, 0.4) is 0 Å². The van der Waals surface area contributed by atoms with Crippen LogP contribution >= 0.6 is 0 Å². The molecular weight excluding hydrogens is 322 g/mol. The van der Waals surface area contributed by atoms with Crippen molar-refractivity contribution in [3.05, 3.63) is 48.0 Å². The lowest BCUT2D eigenvalue weighted by Crippen LogP contribution is -2.23. The maximum atomic E-state index is 12.0. The van der Waals surface area contributed by atoms with E-state index < -0.39 is 0 Å². The zero-order valence-corrected chi connectivity index (χ0v) is 13.6. The van der Waals surface area contributed by atoms with Gasteiger partial charge in [-0.25, -0.2) is 10.1 Å². The van der Waals surface area contributed by atoms with E-state index in [0.717, 1.165) is 11.0 Å². The molecule has 0 saturated heterocycles. The van der Waals surface area contributed by atoms with Crippen LogP contribution in [0.2, 0.25) is 0 Å². The molecule has 3 rings (SSSR count). The van der Waals surface area contributed by atoms with E-state index in [2.05, 4.69) is 20.8 Å². The molecule has 0 fully saturated rings. The van der Waals surface area contributed by atoms with Crippen molar-refractivity contribution in [1.29, 1.82) is 0 Å². The van der Waals surface area contributed by atoms with Gasteiger partial charge in [0, 0.05) is 0 Å². The summed E-state index contributed by atoms with van der Waals surface area (Å²) >= 11 is 0. The summed E-state index contributed by atoms with van der Waals surface area (Å²) in [6.07, 6.45) is 1.47. The number of carbonyl (C=O) groups excluding carboxylic acids is 1. The number of carbonyl (C=O) groups is 1. The van der Waals surface area contributed by atoms with E-state index in [1.165, 1.54) is 17.0 Å². The first-order valence-electron chi connectivity index (χ1n) is 7.73. The number of phenols is 1. The number of hydrogen-bond donors (Lipinski definition) is 2. The van der Waals surface area contributed by atoms with Crippen molar-refractivity contribution in [2.75, 3.05) is 6.61 Å². The topological polar surface area (TPSA) is 102 Å². The molecule has 8 nitrogen and oxygen atoms in total. The second-order valence-corrected chi connectivity index (χ2v) is 5.19. The van der Waals surface area contributed by atoms with Crippen molar-refractivity contribution in [3.8, 4) is 11.5 Å². The Kier molecular flexibility index (Phi) is 4.89. The summed E-state index contributed by atoms with van der Waals surface area (Å²) in [6, 6.07) is 12.2. The molecule has 3 aromatic rings. The van der Waals surface area contributed by atoms with Crippen LogP contribution in [0.25, 0.3) is 11.0 Å². The molecule has 0 unspecified atom stereocenters. The van der Waals surface area contributed by atoms with Gasteiger partial charge in [0.1, 0.15) is 12.1 Å². The van der Waals surface area contributed by atoms with Crippen LogP contribution in [0, 0.1) is 0 Å². The highest BCUT2D eigenvalue weighted by atomic mass is 16.5. The summed E-state index contributed by atoms with van der Waals surface area (Å²) in [6.45, 7) is 2.28. The Bertz CT molecular complexity index is 920. The lowest BCUT2D eigenvalue weighted by atomic mass is 10.2. The Morgan fingerprint density at radius 1 is 1.36 bits per heavy atom. The molecule has 1 heterocycles. The maximum Gasteiger partial charge on any atom is 0.261 e. The fourth-order valence-corrected chi connectivity index (χ4v) is 2.27. The van der Waals surface area contributed by atoms with Gasteiger partial charge in [0.05, 0.1) is 18.3 Å². The van der Waals surface area contributed by atoms with E-state index in [1.807, 2.05) is 31.2 Å². The third-order valence-corrected chi connectivity index (χ3v) is 3.40. The number of aromatic nitrogens is 3. The van der Waals surface area contributed by atoms with Gasteiger partial charge in [0.25, 0.3) is 5.91 Å². The van der Waals surface area contributed by atoms with E-state index in [1.54, 1.807) is 12.1 Å². The lowest BCUT2D eigenvalue weighted by Gasteiger charge is -2.06. The number of hydrogen-bond acceptors (Lipinski definition) is 6. The summed E-state index contributed by atoms with van der Waals surface area (Å²) in [5.74, 6) is 0.101. The monoisotopic (exact) mass is 339 g/mol. The highest BCUT2D eigenvalue weighted by Gasteiger charge is 2.07. The van der Waals surface area contributed by atoms with Crippen molar-refractivity contribution in [2.24, 2.45) is 5.10 Å². The first-order valence-corrected chi connectivity index (χ1v) is 7.73. The Morgan fingerprint density at radius 3 is 3.04 bits per heavy atom. The van der Waals surface area contributed by atoms with Crippen molar-refractivity contribution in [3.63, 3.8) is 0 Å². The van der Waals surface area contributed by atoms with Crippen LogP contribution in [-0.4, -0.2) is 38.8 Å². The van der Waals surface area contributed by atoms with Gasteiger partial charge >= 0.3 is 0 Å². The van der Waals surface area contributed by atoms with Crippen LogP contribution < -0.4 is 10.2 Å². The molecule has 0 spiro atoms. The van der Waals surface area contributed by atoms with Gasteiger partial charge in [-0.1, -0.05) is 17.3 Å². The first kappa shape index (κ1) is 16.4. The second-order valence-electron chi connectivity index (χ2n) is 5.19. The van der Waals surface area contributed by atoms with Crippen molar-refractivity contribution >= 4 is 23.2 Å². The number of amides is 1. The smallest absolute Gasteiger partial charge is 0.261 e. The molecule has 25 heavy (non-hydrogen) atoms. The van der Waals surface area contributed by atoms with E-state index in [0.29, 0.717) is 17.9 Å². The van der Waals surface area contributed by atoms with Crippen LogP contribution in [0.4, 0.5) is 0 Å². The molecule has 0 aliphatic heterocycles. The Hall–Kier alpha value is -3.42. The average Bonchev–Trinajstić information content (AvgIpc) is 3.01. The lowest BCUT2D eigenvalue weighted by molar-refractivity contribution is -0.121. The average molecular weight is 339 g/mol. The fraction of sp³-hybridized carbons (Fsp3) is 0.176. The Balaban J connectivity index is 1.62. The van der Waals surface area contributed by atoms with Crippen LogP contribution in [0.1, 0.15) is 12.5 Å². The van der Waals surface area contributed by atoms with E-state index in [9.17, 15) is 9.90 Å².